The van der Waals surface area contributed by atoms with Crippen molar-refractivity contribution in [2.45, 2.75) is 0 Å². The van der Waals surface area contributed by atoms with Crippen LogP contribution in [-0.4, -0.2) is 14.5 Å². The second kappa shape index (κ2) is 14.3. The van der Waals surface area contributed by atoms with Gasteiger partial charge in [-0.3, -0.25) is 0 Å². The van der Waals surface area contributed by atoms with E-state index in [0.29, 0.717) is 5.82 Å². The summed E-state index contributed by atoms with van der Waals surface area (Å²) in [6, 6.07) is 80.4. The van der Waals surface area contributed by atoms with Gasteiger partial charge in [-0.25, -0.2) is 9.97 Å². The second-order valence-corrected chi connectivity index (χ2v) is 15.7. The van der Waals surface area contributed by atoms with Crippen LogP contribution >= 0.6 is 0 Å². The largest absolute Gasteiger partial charge is 0.309 e. The summed E-state index contributed by atoms with van der Waals surface area (Å²) < 4.78 is 2.38. The minimum atomic E-state index is 0.686. The van der Waals surface area contributed by atoms with E-state index in [1.807, 2.05) is 6.07 Å². The van der Waals surface area contributed by atoms with Crippen LogP contribution in [0.25, 0.3) is 116 Å². The molecule has 0 atom stereocenters. The third kappa shape index (κ3) is 5.74. The molecule has 0 bridgehead atoms. The number of fused-ring (bicyclic) bond motifs is 7. The Labute approximate surface area is 353 Å². The minimum absolute atomic E-state index is 0.686. The number of para-hydroxylation sites is 2. The van der Waals surface area contributed by atoms with Crippen molar-refractivity contribution in [2.75, 3.05) is 0 Å². The molecule has 0 fully saturated rings. The van der Waals surface area contributed by atoms with Gasteiger partial charge >= 0.3 is 0 Å². The summed E-state index contributed by atoms with van der Waals surface area (Å²) in [5, 5.41) is 9.79. The zero-order valence-electron chi connectivity index (χ0n) is 33.2. The van der Waals surface area contributed by atoms with Gasteiger partial charge in [0.15, 0.2) is 5.82 Å². The maximum Gasteiger partial charge on any atom is 0.160 e. The van der Waals surface area contributed by atoms with Crippen LogP contribution < -0.4 is 0 Å². The number of aromatic nitrogens is 3. The van der Waals surface area contributed by atoms with Crippen LogP contribution in [0.3, 0.4) is 0 Å². The lowest BCUT2D eigenvalue weighted by atomic mass is 9.87. The molecule has 0 spiro atoms. The van der Waals surface area contributed by atoms with Gasteiger partial charge < -0.3 is 4.57 Å². The van der Waals surface area contributed by atoms with Crippen molar-refractivity contribution in [3.63, 3.8) is 0 Å². The molecule has 10 aromatic carbocycles. The van der Waals surface area contributed by atoms with Gasteiger partial charge in [0.05, 0.1) is 22.4 Å². The maximum atomic E-state index is 5.41. The van der Waals surface area contributed by atoms with Crippen LogP contribution in [-0.2, 0) is 0 Å². The summed E-state index contributed by atoms with van der Waals surface area (Å²) in [7, 11) is 0. The Balaban J connectivity index is 1.12. The number of hydrogen-bond acceptors (Lipinski definition) is 2. The van der Waals surface area contributed by atoms with Crippen molar-refractivity contribution in [1.29, 1.82) is 0 Å². The predicted molar refractivity (Wildman–Crippen MR) is 256 cm³/mol. The average molecular weight is 776 g/mol. The van der Waals surface area contributed by atoms with Crippen LogP contribution in [0, 0.1) is 0 Å². The number of benzene rings is 10. The summed E-state index contributed by atoms with van der Waals surface area (Å²) in [5.41, 5.74) is 12.9. The van der Waals surface area contributed by atoms with E-state index in [2.05, 4.69) is 223 Å². The van der Waals surface area contributed by atoms with Gasteiger partial charge in [0, 0.05) is 33.2 Å². The third-order valence-electron chi connectivity index (χ3n) is 12.2. The summed E-state index contributed by atoms with van der Waals surface area (Å²) in [6.45, 7) is 0. The third-order valence-corrected chi connectivity index (χ3v) is 12.2. The fourth-order valence-corrected chi connectivity index (χ4v) is 9.51. The highest BCUT2D eigenvalue weighted by molar-refractivity contribution is 6.21. The predicted octanol–water partition coefficient (Wildman–Crippen LogP) is 15.4. The SMILES string of the molecule is c1ccc(-c2nc(-c3ccccc3-c3c4ccccc4cc4c3ccc3ccccc34)cc(-c3ccccc3-c3cccc4c3c3ccccc3n4-c3ccccc3)n2)cc1. The summed E-state index contributed by atoms with van der Waals surface area (Å²) in [6.07, 6.45) is 0. The fraction of sp³-hybridized carbons (Fsp3) is 0. The van der Waals surface area contributed by atoms with E-state index in [4.69, 9.17) is 9.97 Å². The standard InChI is InChI=1S/C58H37N3/c1-3-19-39(20-4-1)58-59-52(45-27-12-11-26-44(45)47-31-17-33-55-57(47)50-30-15-16-32-54(50)61(55)41-22-5-2-6-23-41)37-53(60-58)46-28-13-14-29-48(46)56-43-25-10-8-21-40(43)36-51-42-24-9-7-18-38(42)34-35-49(51)56/h1-37H. The van der Waals surface area contributed by atoms with Crippen molar-refractivity contribution in [2.24, 2.45) is 0 Å². The Hall–Kier alpha value is -8.14. The monoisotopic (exact) mass is 775 g/mol. The van der Waals surface area contributed by atoms with Crippen molar-refractivity contribution in [3.8, 4) is 61.8 Å². The molecule has 61 heavy (non-hydrogen) atoms. The first-order valence-corrected chi connectivity index (χ1v) is 20.8. The Morgan fingerprint density at radius 3 is 1.64 bits per heavy atom. The van der Waals surface area contributed by atoms with E-state index in [1.165, 1.54) is 54.2 Å². The molecule has 0 unspecified atom stereocenters. The molecule has 284 valence electrons. The highest BCUT2D eigenvalue weighted by Gasteiger charge is 2.21. The minimum Gasteiger partial charge on any atom is -0.309 e. The van der Waals surface area contributed by atoms with Crippen LogP contribution in [0.5, 0.6) is 0 Å². The molecule has 12 aromatic rings. The molecule has 0 radical (unpaired) electrons. The van der Waals surface area contributed by atoms with Crippen LogP contribution in [0.15, 0.2) is 224 Å². The van der Waals surface area contributed by atoms with Crippen molar-refractivity contribution < 1.29 is 0 Å². The normalized spacial score (nSPS) is 11.6. The lowest BCUT2D eigenvalue weighted by Gasteiger charge is -2.18. The van der Waals surface area contributed by atoms with Crippen LogP contribution in [0.2, 0.25) is 0 Å². The van der Waals surface area contributed by atoms with E-state index in [1.54, 1.807) is 0 Å². The van der Waals surface area contributed by atoms with Crippen LogP contribution in [0.4, 0.5) is 0 Å². The maximum absolute atomic E-state index is 5.41. The van der Waals surface area contributed by atoms with E-state index in [-0.39, 0.29) is 0 Å². The van der Waals surface area contributed by atoms with Gasteiger partial charge in [-0.05, 0) is 91.0 Å². The summed E-state index contributed by atoms with van der Waals surface area (Å²) in [5.74, 6) is 0.686. The molecule has 0 aliphatic heterocycles. The molecular formula is C58H37N3. The number of rotatable bonds is 6. The topological polar surface area (TPSA) is 30.7 Å². The first kappa shape index (κ1) is 34.9. The highest BCUT2D eigenvalue weighted by Crippen LogP contribution is 2.45. The van der Waals surface area contributed by atoms with E-state index < -0.39 is 0 Å². The molecule has 2 aromatic heterocycles. The Morgan fingerprint density at radius 2 is 0.869 bits per heavy atom. The quantitative estimate of drug-likeness (QED) is 0.124. The number of hydrogen-bond donors (Lipinski definition) is 0. The molecule has 0 aliphatic rings. The Morgan fingerprint density at radius 1 is 0.311 bits per heavy atom. The zero-order chi connectivity index (χ0) is 40.3. The van der Waals surface area contributed by atoms with Gasteiger partial charge in [-0.1, -0.05) is 188 Å². The summed E-state index contributed by atoms with van der Waals surface area (Å²) in [4.78, 5) is 10.8. The van der Waals surface area contributed by atoms with Gasteiger partial charge in [0.1, 0.15) is 0 Å². The van der Waals surface area contributed by atoms with Gasteiger partial charge in [0.2, 0.25) is 0 Å². The molecule has 0 aliphatic carbocycles. The molecule has 2 heterocycles. The van der Waals surface area contributed by atoms with E-state index in [0.717, 1.165) is 56.0 Å². The zero-order valence-corrected chi connectivity index (χ0v) is 33.2. The summed E-state index contributed by atoms with van der Waals surface area (Å²) >= 11 is 0. The molecule has 0 amide bonds. The lowest BCUT2D eigenvalue weighted by molar-refractivity contribution is 1.18. The molecule has 0 N–H and O–H groups in total. The van der Waals surface area contributed by atoms with E-state index >= 15 is 0 Å². The lowest BCUT2D eigenvalue weighted by Crippen LogP contribution is -1.98. The molecular weight excluding hydrogens is 739 g/mol. The van der Waals surface area contributed by atoms with Crippen molar-refractivity contribution in [1.82, 2.24) is 14.5 Å². The highest BCUT2D eigenvalue weighted by atomic mass is 15.0. The Kier molecular flexibility index (Phi) is 8.17. The van der Waals surface area contributed by atoms with Crippen LogP contribution in [0.1, 0.15) is 0 Å². The van der Waals surface area contributed by atoms with Crippen molar-refractivity contribution in [3.05, 3.63) is 224 Å². The number of nitrogens with zero attached hydrogens (tertiary/aromatic N) is 3. The second-order valence-electron chi connectivity index (χ2n) is 15.7. The Bertz CT molecular complexity index is 3640. The first-order valence-electron chi connectivity index (χ1n) is 20.8. The fourth-order valence-electron chi connectivity index (χ4n) is 9.51. The molecule has 3 nitrogen and oxygen atoms in total. The van der Waals surface area contributed by atoms with E-state index in [9.17, 15) is 0 Å². The smallest absolute Gasteiger partial charge is 0.160 e. The molecule has 12 rings (SSSR count). The van der Waals surface area contributed by atoms with Gasteiger partial charge in [-0.2, -0.15) is 0 Å². The van der Waals surface area contributed by atoms with Crippen molar-refractivity contribution >= 4 is 54.1 Å². The average Bonchev–Trinajstić information content (AvgIpc) is 3.68. The van der Waals surface area contributed by atoms with Gasteiger partial charge in [-0.15, -0.1) is 0 Å². The first-order chi connectivity index (χ1) is 30.3. The molecule has 0 saturated carbocycles. The molecule has 0 saturated heterocycles. The van der Waals surface area contributed by atoms with Gasteiger partial charge in [0.25, 0.3) is 0 Å². The molecule has 3 heteroatoms.